The first-order valence-corrected chi connectivity index (χ1v) is 13.0. The first-order chi connectivity index (χ1) is 12.1. The van der Waals surface area contributed by atoms with Crippen molar-refractivity contribution in [1.29, 1.82) is 0 Å². The van der Waals surface area contributed by atoms with Crippen LogP contribution in [0.25, 0.3) is 5.57 Å². The van der Waals surface area contributed by atoms with E-state index in [1.807, 2.05) is 6.07 Å². The zero-order valence-electron chi connectivity index (χ0n) is 18.0. The zero-order chi connectivity index (χ0) is 19.5. The molecule has 0 saturated carbocycles. The third-order valence-corrected chi connectivity index (χ3v) is 10.7. The van der Waals surface area contributed by atoms with Crippen molar-refractivity contribution in [1.82, 2.24) is 0 Å². The lowest BCUT2D eigenvalue weighted by Crippen LogP contribution is -2.36. The topological polar surface area (TPSA) is 18.5 Å². The van der Waals surface area contributed by atoms with E-state index in [0.29, 0.717) is 5.04 Å². The molecule has 0 unspecified atom stereocenters. The summed E-state index contributed by atoms with van der Waals surface area (Å²) in [5.41, 5.74) is 6.54. The van der Waals surface area contributed by atoms with E-state index in [-0.39, 0.29) is 0 Å². The number of ether oxygens (including phenoxy) is 2. The van der Waals surface area contributed by atoms with E-state index in [9.17, 15) is 0 Å². The summed E-state index contributed by atoms with van der Waals surface area (Å²) >= 11 is 0. The average molecular weight is 373 g/mol. The van der Waals surface area contributed by atoms with Crippen LogP contribution in [0.3, 0.4) is 0 Å². The van der Waals surface area contributed by atoms with Gasteiger partial charge in [0.05, 0.1) is 15.2 Å². The minimum atomic E-state index is -1.60. The van der Waals surface area contributed by atoms with Gasteiger partial charge in [-0.15, -0.1) is 0 Å². The summed E-state index contributed by atoms with van der Waals surface area (Å²) in [5.74, 6) is 2.98. The van der Waals surface area contributed by atoms with E-state index in [1.54, 1.807) is 7.11 Å². The molecule has 0 aliphatic carbocycles. The van der Waals surface area contributed by atoms with Crippen molar-refractivity contribution in [2.45, 2.75) is 78.4 Å². The molecule has 2 rings (SSSR count). The summed E-state index contributed by atoms with van der Waals surface area (Å²) in [6.45, 7) is 16.5. The maximum atomic E-state index is 6.49. The molecule has 0 saturated heterocycles. The normalized spacial score (nSPS) is 16.5. The van der Waals surface area contributed by atoms with E-state index in [2.05, 4.69) is 65.5 Å². The highest BCUT2D eigenvalue weighted by Gasteiger charge is 2.35. The lowest BCUT2D eigenvalue weighted by atomic mass is 9.90. The summed E-state index contributed by atoms with van der Waals surface area (Å²) in [4.78, 5) is 0. The van der Waals surface area contributed by atoms with Crippen LogP contribution >= 0.6 is 0 Å². The molecule has 3 heteroatoms. The third kappa shape index (κ3) is 4.25. The molecule has 1 aliphatic rings. The van der Waals surface area contributed by atoms with Crippen molar-refractivity contribution < 1.29 is 9.47 Å². The number of hydrogen-bond donors (Lipinski definition) is 0. The van der Waals surface area contributed by atoms with E-state index in [1.165, 1.54) is 16.7 Å². The Morgan fingerprint density at radius 2 is 1.65 bits per heavy atom. The highest BCUT2D eigenvalue weighted by Crippen LogP contribution is 2.45. The molecule has 1 heterocycles. The van der Waals surface area contributed by atoms with Gasteiger partial charge in [-0.3, -0.25) is 0 Å². The fourth-order valence-corrected chi connectivity index (χ4v) is 4.49. The number of fused-ring (bicyclic) bond motifs is 1. The van der Waals surface area contributed by atoms with Crippen LogP contribution in [-0.2, 0) is 0 Å². The molecular weight excluding hydrogens is 336 g/mol. The maximum Gasteiger partial charge on any atom is 0.135 e. The fourth-order valence-electron chi connectivity index (χ4n) is 3.17. The van der Waals surface area contributed by atoms with Crippen LogP contribution < -0.4 is 9.47 Å². The summed E-state index contributed by atoms with van der Waals surface area (Å²) in [5, 5.41) is 0.297. The van der Waals surface area contributed by atoms with Gasteiger partial charge in [-0.05, 0) is 47.2 Å². The number of methoxy groups -OCH3 is 1. The number of allylic oxidation sites excluding steroid dienone is 2. The molecule has 0 amide bonds. The second-order valence-electron chi connectivity index (χ2n) is 8.90. The Morgan fingerprint density at radius 1 is 1.04 bits per heavy atom. The van der Waals surface area contributed by atoms with E-state index in [4.69, 9.17) is 9.47 Å². The summed E-state index contributed by atoms with van der Waals surface area (Å²) in [6, 6.07) is 6.20. The van der Waals surface area contributed by atoms with Gasteiger partial charge in [0.25, 0.3) is 0 Å². The van der Waals surface area contributed by atoms with Crippen molar-refractivity contribution in [2.75, 3.05) is 7.11 Å². The Balaban J connectivity index is 2.67. The lowest BCUT2D eigenvalue weighted by molar-refractivity contribution is 0.405. The molecule has 144 valence electrons. The van der Waals surface area contributed by atoms with Crippen LogP contribution in [0.1, 0.15) is 65.9 Å². The summed E-state index contributed by atoms with van der Waals surface area (Å²) in [7, 11) is 0.126. The molecule has 0 spiro atoms. The summed E-state index contributed by atoms with van der Waals surface area (Å²) in [6.07, 6.45) is 4.40. The lowest BCUT2D eigenvalue weighted by Gasteiger charge is -2.36. The Hall–Kier alpha value is -1.48. The SMILES string of the molecule is CCCC1=C(CCC)c2cc(OC)ccc2O/C1=C\[Si](C)(C)C(C)(C)C. The summed E-state index contributed by atoms with van der Waals surface area (Å²) < 4.78 is 12.0. The van der Waals surface area contributed by atoms with E-state index < -0.39 is 8.07 Å². The number of hydrogen-bond acceptors (Lipinski definition) is 2. The van der Waals surface area contributed by atoms with E-state index in [0.717, 1.165) is 42.9 Å². The van der Waals surface area contributed by atoms with Crippen molar-refractivity contribution in [3.63, 3.8) is 0 Å². The largest absolute Gasteiger partial charge is 0.497 e. The van der Waals surface area contributed by atoms with Crippen LogP contribution in [0.15, 0.2) is 35.2 Å². The van der Waals surface area contributed by atoms with Gasteiger partial charge in [0, 0.05) is 5.56 Å². The quantitative estimate of drug-likeness (QED) is 0.485. The van der Waals surface area contributed by atoms with Crippen molar-refractivity contribution in [3.8, 4) is 11.5 Å². The molecule has 0 N–H and O–H groups in total. The third-order valence-electron chi connectivity index (χ3n) is 5.82. The van der Waals surface area contributed by atoms with Gasteiger partial charge in [0.2, 0.25) is 0 Å². The van der Waals surface area contributed by atoms with Crippen molar-refractivity contribution in [2.24, 2.45) is 0 Å². The second-order valence-corrected chi connectivity index (χ2v) is 14.1. The maximum absolute atomic E-state index is 6.49. The first-order valence-electron chi connectivity index (χ1n) is 9.96. The van der Waals surface area contributed by atoms with Gasteiger partial charge in [0.1, 0.15) is 17.3 Å². The Bertz CT molecular complexity index is 705. The first kappa shape index (κ1) is 20.8. The minimum Gasteiger partial charge on any atom is -0.497 e. The smallest absolute Gasteiger partial charge is 0.135 e. The molecular formula is C23H36O2Si. The molecule has 1 aromatic rings. The Morgan fingerprint density at radius 3 is 2.19 bits per heavy atom. The van der Waals surface area contributed by atoms with Crippen molar-refractivity contribution >= 4 is 13.6 Å². The number of rotatable bonds is 6. The molecule has 0 radical (unpaired) electrons. The van der Waals surface area contributed by atoms with Gasteiger partial charge in [-0.2, -0.15) is 0 Å². The highest BCUT2D eigenvalue weighted by molar-refractivity contribution is 6.84. The van der Waals surface area contributed by atoms with E-state index >= 15 is 0 Å². The van der Waals surface area contributed by atoms with Crippen LogP contribution in [-0.4, -0.2) is 15.2 Å². The van der Waals surface area contributed by atoms with Gasteiger partial charge >= 0.3 is 0 Å². The van der Waals surface area contributed by atoms with Gasteiger partial charge in [-0.25, -0.2) is 0 Å². The van der Waals surface area contributed by atoms with Crippen LogP contribution in [0.5, 0.6) is 11.5 Å². The standard InChI is InChI=1S/C23H36O2Si/c1-9-11-18-19(12-10-2)22(16-26(7,8)23(3,4)5)25-21-14-13-17(24-6)15-20(18)21/h13-16H,9-12H2,1-8H3/b22-16-. The van der Waals surface area contributed by atoms with Gasteiger partial charge in [0.15, 0.2) is 0 Å². The van der Waals surface area contributed by atoms with Gasteiger partial charge < -0.3 is 9.47 Å². The predicted molar refractivity (Wildman–Crippen MR) is 116 cm³/mol. The minimum absolute atomic E-state index is 0.297. The van der Waals surface area contributed by atoms with Crippen molar-refractivity contribution in [3.05, 3.63) is 40.8 Å². The molecule has 0 aromatic heterocycles. The average Bonchev–Trinajstić information content (AvgIpc) is 2.56. The molecule has 1 aromatic carbocycles. The van der Waals surface area contributed by atoms with Crippen LogP contribution in [0, 0.1) is 0 Å². The molecule has 2 nitrogen and oxygen atoms in total. The van der Waals surface area contributed by atoms with Crippen LogP contribution in [0.2, 0.25) is 18.1 Å². The fraction of sp³-hybridized carbons (Fsp3) is 0.565. The zero-order valence-corrected chi connectivity index (χ0v) is 19.0. The molecule has 0 atom stereocenters. The Kier molecular flexibility index (Phi) is 6.44. The molecule has 1 aliphatic heterocycles. The molecule has 0 fully saturated rings. The van der Waals surface area contributed by atoms with Gasteiger partial charge in [-0.1, -0.05) is 66.3 Å². The Labute approximate surface area is 161 Å². The highest BCUT2D eigenvalue weighted by atomic mass is 28.3. The second kappa shape index (κ2) is 8.04. The molecule has 26 heavy (non-hydrogen) atoms. The number of benzene rings is 1. The molecule has 0 bridgehead atoms. The van der Waals surface area contributed by atoms with Crippen LogP contribution in [0.4, 0.5) is 0 Å². The predicted octanol–water partition coefficient (Wildman–Crippen LogP) is 7.37. The monoisotopic (exact) mass is 372 g/mol.